The lowest BCUT2D eigenvalue weighted by Crippen LogP contribution is -2.41. The molecule has 0 fully saturated rings. The molecule has 0 heterocycles. The van der Waals surface area contributed by atoms with Crippen LogP contribution in [0.1, 0.15) is 18.4 Å². The first-order valence-electron chi connectivity index (χ1n) is 9.53. The molecule has 1 atom stereocenters. The van der Waals surface area contributed by atoms with E-state index >= 15 is 0 Å². The van der Waals surface area contributed by atoms with Crippen LogP contribution in [0.3, 0.4) is 0 Å². The van der Waals surface area contributed by atoms with Gasteiger partial charge in [0.1, 0.15) is 6.54 Å². The SMILES string of the molecule is C[C@H](CNC(=O)CN(c1ccccc1)S(=O)(=O)c1ccc(Cl)cc1)c1ccccc1. The maximum absolute atomic E-state index is 13.2. The van der Waals surface area contributed by atoms with Crippen LogP contribution in [0.4, 0.5) is 5.69 Å². The van der Waals surface area contributed by atoms with E-state index < -0.39 is 10.0 Å². The van der Waals surface area contributed by atoms with Crippen molar-refractivity contribution in [2.24, 2.45) is 0 Å². The minimum absolute atomic E-state index is 0.0706. The van der Waals surface area contributed by atoms with Crippen molar-refractivity contribution >= 4 is 33.2 Å². The van der Waals surface area contributed by atoms with Gasteiger partial charge in [-0.3, -0.25) is 9.10 Å². The fourth-order valence-electron chi connectivity index (χ4n) is 3.00. The van der Waals surface area contributed by atoms with Crippen molar-refractivity contribution in [2.45, 2.75) is 17.7 Å². The summed E-state index contributed by atoms with van der Waals surface area (Å²) < 4.78 is 27.6. The van der Waals surface area contributed by atoms with E-state index in [4.69, 9.17) is 11.6 Å². The van der Waals surface area contributed by atoms with Gasteiger partial charge in [0, 0.05) is 11.6 Å². The van der Waals surface area contributed by atoms with Gasteiger partial charge >= 0.3 is 0 Å². The Morgan fingerprint density at radius 1 is 0.933 bits per heavy atom. The number of carbonyl (C=O) groups excluding carboxylic acids is 1. The van der Waals surface area contributed by atoms with Crippen LogP contribution in [0, 0.1) is 0 Å². The second-order valence-corrected chi connectivity index (χ2v) is 9.22. The smallest absolute Gasteiger partial charge is 0.264 e. The number of sulfonamides is 1. The third-order valence-electron chi connectivity index (χ3n) is 4.71. The van der Waals surface area contributed by atoms with E-state index in [2.05, 4.69) is 5.32 Å². The molecule has 0 saturated carbocycles. The van der Waals surface area contributed by atoms with Crippen LogP contribution in [-0.2, 0) is 14.8 Å². The number of amides is 1. The largest absolute Gasteiger partial charge is 0.354 e. The number of carbonyl (C=O) groups is 1. The molecule has 0 aliphatic carbocycles. The van der Waals surface area contributed by atoms with Crippen molar-refractivity contribution in [2.75, 3.05) is 17.4 Å². The molecule has 1 N–H and O–H groups in total. The van der Waals surface area contributed by atoms with Gasteiger partial charge in [-0.25, -0.2) is 8.42 Å². The van der Waals surface area contributed by atoms with Crippen molar-refractivity contribution in [1.82, 2.24) is 5.32 Å². The maximum Gasteiger partial charge on any atom is 0.264 e. The number of hydrogen-bond acceptors (Lipinski definition) is 3. The van der Waals surface area contributed by atoms with E-state index in [1.165, 1.54) is 24.3 Å². The normalized spacial score (nSPS) is 12.2. The highest BCUT2D eigenvalue weighted by molar-refractivity contribution is 7.92. The lowest BCUT2D eigenvalue weighted by atomic mass is 10.0. The third kappa shape index (κ3) is 5.40. The van der Waals surface area contributed by atoms with Crippen molar-refractivity contribution in [1.29, 1.82) is 0 Å². The topological polar surface area (TPSA) is 66.5 Å². The van der Waals surface area contributed by atoms with Crippen LogP contribution < -0.4 is 9.62 Å². The van der Waals surface area contributed by atoms with Crippen molar-refractivity contribution in [3.63, 3.8) is 0 Å². The standard InChI is InChI=1S/C23H23ClN2O3S/c1-18(19-8-4-2-5-9-19)16-25-23(27)17-26(21-10-6-3-7-11-21)30(28,29)22-14-12-20(24)13-15-22/h2-15,18H,16-17H2,1H3,(H,25,27)/t18-/m1/s1. The summed E-state index contributed by atoms with van der Waals surface area (Å²) in [6.07, 6.45) is 0. The molecule has 3 aromatic rings. The molecule has 30 heavy (non-hydrogen) atoms. The highest BCUT2D eigenvalue weighted by Gasteiger charge is 2.27. The van der Waals surface area contributed by atoms with Gasteiger partial charge in [0.25, 0.3) is 10.0 Å². The van der Waals surface area contributed by atoms with Crippen molar-refractivity contribution in [3.05, 3.63) is 95.5 Å². The fraction of sp³-hybridized carbons (Fsp3) is 0.174. The first-order chi connectivity index (χ1) is 14.4. The monoisotopic (exact) mass is 442 g/mol. The number of hydrogen-bond donors (Lipinski definition) is 1. The third-order valence-corrected chi connectivity index (χ3v) is 6.75. The molecule has 0 spiro atoms. The van der Waals surface area contributed by atoms with Gasteiger partial charge in [-0.15, -0.1) is 0 Å². The van der Waals surface area contributed by atoms with E-state index in [9.17, 15) is 13.2 Å². The van der Waals surface area contributed by atoms with Gasteiger partial charge in [0.2, 0.25) is 5.91 Å². The Hall–Kier alpha value is -2.83. The maximum atomic E-state index is 13.2. The zero-order valence-electron chi connectivity index (χ0n) is 16.5. The molecule has 0 aliphatic rings. The molecule has 0 saturated heterocycles. The Bertz CT molecular complexity index is 1070. The predicted molar refractivity (Wildman–Crippen MR) is 120 cm³/mol. The van der Waals surface area contributed by atoms with Gasteiger partial charge in [0.05, 0.1) is 10.6 Å². The highest BCUT2D eigenvalue weighted by Crippen LogP contribution is 2.24. The Labute approximate surface area is 182 Å². The molecule has 1 amide bonds. The van der Waals surface area contributed by atoms with Gasteiger partial charge in [-0.1, -0.05) is 67.1 Å². The summed E-state index contributed by atoms with van der Waals surface area (Å²) in [4.78, 5) is 12.7. The minimum Gasteiger partial charge on any atom is -0.354 e. The summed E-state index contributed by atoms with van der Waals surface area (Å²) in [5, 5.41) is 3.29. The van der Waals surface area contributed by atoms with E-state index in [1.807, 2.05) is 37.3 Å². The highest BCUT2D eigenvalue weighted by atomic mass is 35.5. The van der Waals surface area contributed by atoms with Gasteiger partial charge in [0.15, 0.2) is 0 Å². The number of benzene rings is 3. The van der Waals surface area contributed by atoms with Crippen LogP contribution in [-0.4, -0.2) is 27.4 Å². The van der Waals surface area contributed by atoms with Gasteiger partial charge < -0.3 is 5.32 Å². The Morgan fingerprint density at radius 3 is 2.10 bits per heavy atom. The second kappa shape index (κ2) is 9.78. The number of nitrogens with zero attached hydrogens (tertiary/aromatic N) is 1. The minimum atomic E-state index is -3.94. The molecule has 7 heteroatoms. The number of anilines is 1. The van der Waals surface area contributed by atoms with Crippen LogP contribution >= 0.6 is 11.6 Å². The fourth-order valence-corrected chi connectivity index (χ4v) is 4.54. The Kier molecular flexibility index (Phi) is 7.13. The summed E-state index contributed by atoms with van der Waals surface area (Å²) in [5.74, 6) is -0.271. The molecular formula is C23H23ClN2O3S. The number of nitrogens with one attached hydrogen (secondary N) is 1. The summed E-state index contributed by atoms with van der Waals surface area (Å²) >= 11 is 5.89. The first-order valence-corrected chi connectivity index (χ1v) is 11.3. The molecule has 0 radical (unpaired) electrons. The average Bonchev–Trinajstić information content (AvgIpc) is 2.77. The molecule has 0 bridgehead atoms. The number of para-hydroxylation sites is 1. The zero-order chi connectivity index (χ0) is 21.6. The van der Waals surface area contributed by atoms with Gasteiger partial charge in [-0.2, -0.15) is 0 Å². The molecule has 5 nitrogen and oxygen atoms in total. The summed E-state index contributed by atoms with van der Waals surface area (Å²) in [6, 6.07) is 24.3. The molecule has 0 unspecified atom stereocenters. The molecule has 0 aromatic heterocycles. The van der Waals surface area contributed by atoms with Crippen LogP contribution in [0.25, 0.3) is 0 Å². The lowest BCUT2D eigenvalue weighted by Gasteiger charge is -2.24. The lowest BCUT2D eigenvalue weighted by molar-refractivity contribution is -0.119. The second-order valence-electron chi connectivity index (χ2n) is 6.92. The average molecular weight is 443 g/mol. The van der Waals surface area contributed by atoms with Crippen molar-refractivity contribution < 1.29 is 13.2 Å². The summed E-state index contributed by atoms with van der Waals surface area (Å²) in [5.41, 5.74) is 1.52. The molecule has 3 aromatic carbocycles. The molecular weight excluding hydrogens is 420 g/mol. The summed E-state index contributed by atoms with van der Waals surface area (Å²) in [7, 11) is -3.94. The Morgan fingerprint density at radius 2 is 1.50 bits per heavy atom. The van der Waals surface area contributed by atoms with Gasteiger partial charge in [-0.05, 0) is 47.9 Å². The molecule has 0 aliphatic heterocycles. The zero-order valence-corrected chi connectivity index (χ0v) is 18.1. The number of rotatable bonds is 8. The molecule has 3 rings (SSSR count). The summed E-state index contributed by atoms with van der Waals surface area (Å²) in [6.45, 7) is 2.10. The van der Waals surface area contributed by atoms with Crippen LogP contribution in [0.15, 0.2) is 89.8 Å². The first kappa shape index (κ1) is 21.9. The van der Waals surface area contributed by atoms with E-state index in [0.29, 0.717) is 17.3 Å². The molecule has 156 valence electrons. The van der Waals surface area contributed by atoms with Crippen LogP contribution in [0.2, 0.25) is 5.02 Å². The number of halogens is 1. The van der Waals surface area contributed by atoms with E-state index in [-0.39, 0.29) is 23.3 Å². The van der Waals surface area contributed by atoms with E-state index in [1.54, 1.807) is 30.3 Å². The Balaban J connectivity index is 1.78. The van der Waals surface area contributed by atoms with E-state index in [0.717, 1.165) is 9.87 Å². The quantitative estimate of drug-likeness (QED) is 0.560. The van der Waals surface area contributed by atoms with Crippen LogP contribution in [0.5, 0.6) is 0 Å². The predicted octanol–water partition coefficient (Wildman–Crippen LogP) is 4.46. The van der Waals surface area contributed by atoms with Crippen molar-refractivity contribution in [3.8, 4) is 0 Å².